The molecule has 0 radical (unpaired) electrons. The van der Waals surface area contributed by atoms with Crippen LogP contribution in [0, 0.1) is 0 Å². The summed E-state index contributed by atoms with van der Waals surface area (Å²) in [4.78, 5) is 21.2. The van der Waals surface area contributed by atoms with E-state index in [1.165, 1.54) is 18.3 Å². The molecule has 1 aliphatic carbocycles. The van der Waals surface area contributed by atoms with Gasteiger partial charge in [0.25, 0.3) is 0 Å². The van der Waals surface area contributed by atoms with Gasteiger partial charge in [0, 0.05) is 24.4 Å². The second kappa shape index (κ2) is 14.7. The minimum absolute atomic E-state index is 0.00346. The maximum atomic E-state index is 13.1. The first-order chi connectivity index (χ1) is 22.7. The quantitative estimate of drug-likeness (QED) is 0.195. The van der Waals surface area contributed by atoms with Crippen molar-refractivity contribution in [2.45, 2.75) is 108 Å². The Balaban J connectivity index is 1.39. The smallest absolute Gasteiger partial charge is 0.387 e. The molecule has 12 nitrogen and oxygen atoms in total. The summed E-state index contributed by atoms with van der Waals surface area (Å²) in [7, 11) is 0. The molecule has 0 bridgehead atoms. The van der Waals surface area contributed by atoms with E-state index in [0.717, 1.165) is 29.5 Å². The molecule has 1 saturated heterocycles. The molecule has 2 aromatic heterocycles. The van der Waals surface area contributed by atoms with Crippen molar-refractivity contribution in [3.63, 3.8) is 0 Å². The third-order valence-electron chi connectivity index (χ3n) is 7.85. The van der Waals surface area contributed by atoms with Crippen LogP contribution in [0.1, 0.15) is 68.8 Å². The minimum Gasteiger partial charge on any atom is -0.487 e. The van der Waals surface area contributed by atoms with Gasteiger partial charge in [-0.1, -0.05) is 18.2 Å². The number of rotatable bonds is 13. The summed E-state index contributed by atoms with van der Waals surface area (Å²) in [5.74, 6) is -1.14. The van der Waals surface area contributed by atoms with Crippen molar-refractivity contribution in [3.05, 3.63) is 77.2 Å². The topological polar surface area (TPSA) is 170 Å². The van der Waals surface area contributed by atoms with Gasteiger partial charge in [-0.05, 0) is 81.8 Å². The van der Waals surface area contributed by atoms with Crippen molar-refractivity contribution in [2.75, 3.05) is 0 Å². The molecule has 3 heterocycles. The standard InChI is InChI=1S/C34H40F2N2O10/c1-17(2)44-31(42)30-28(40)27(39)29(41)32(48-30)47-26-12-5-18(15-38-26)13-22(20-7-11-25(37-16-20)34(3,4)43)19-6-10-23(46-33(35)36)24(14-19)45-21-8-9-21/h5-7,10-12,14-17,21-22,27-30,32-33,39-41,43H,8-9,13H2,1-4H3/t22-,27?,28-,29-,30?,32+/m0/s1. The number of aliphatic hydroxyl groups is 4. The summed E-state index contributed by atoms with van der Waals surface area (Å²) in [6, 6.07) is 11.6. The van der Waals surface area contributed by atoms with E-state index in [2.05, 4.69) is 9.97 Å². The lowest BCUT2D eigenvalue weighted by Gasteiger charge is -2.38. The van der Waals surface area contributed by atoms with Crippen molar-refractivity contribution in [1.82, 2.24) is 9.97 Å². The van der Waals surface area contributed by atoms with Gasteiger partial charge in [0.15, 0.2) is 17.6 Å². The first-order valence-electron chi connectivity index (χ1n) is 15.7. The number of carbonyl (C=O) groups excluding carboxylic acids is 1. The highest BCUT2D eigenvalue weighted by Crippen LogP contribution is 2.39. The number of aliphatic hydroxyl groups excluding tert-OH is 3. The zero-order valence-electron chi connectivity index (χ0n) is 26.9. The van der Waals surface area contributed by atoms with Crippen molar-refractivity contribution in [3.8, 4) is 17.4 Å². The molecule has 6 atom stereocenters. The number of esters is 1. The number of benzene rings is 1. The third kappa shape index (κ3) is 8.74. The molecule has 3 aromatic rings. The third-order valence-corrected chi connectivity index (χ3v) is 7.85. The molecular weight excluding hydrogens is 634 g/mol. The second-order valence-electron chi connectivity index (χ2n) is 12.7. The Kier molecular flexibility index (Phi) is 10.8. The highest BCUT2D eigenvalue weighted by atomic mass is 19.3. The summed E-state index contributed by atoms with van der Waals surface area (Å²) in [6.07, 6.45) is -3.74. The van der Waals surface area contributed by atoms with Crippen molar-refractivity contribution < 1.29 is 57.7 Å². The van der Waals surface area contributed by atoms with Crippen LogP contribution in [0.2, 0.25) is 0 Å². The SMILES string of the molecule is CC(C)OC(=O)C1O[C@@H](Oc2ccc(C[C@H](c3ccc(C(C)(C)O)nc3)c3ccc(OC(F)F)c(OC4CC4)c3)cn2)[C@@H](O)C(O)[C@@H]1O. The zero-order valence-corrected chi connectivity index (χ0v) is 26.9. The number of hydrogen-bond donors (Lipinski definition) is 4. The Morgan fingerprint density at radius 2 is 1.67 bits per heavy atom. The van der Waals surface area contributed by atoms with Crippen LogP contribution in [0.3, 0.4) is 0 Å². The number of carbonyl (C=O) groups is 1. The van der Waals surface area contributed by atoms with Crippen LogP contribution in [-0.4, -0.2) is 85.9 Å². The van der Waals surface area contributed by atoms with Crippen LogP contribution in [0.5, 0.6) is 17.4 Å². The van der Waals surface area contributed by atoms with E-state index in [1.807, 2.05) is 6.07 Å². The van der Waals surface area contributed by atoms with Crippen molar-refractivity contribution in [1.29, 1.82) is 0 Å². The fraction of sp³-hybridized carbons (Fsp3) is 0.500. The van der Waals surface area contributed by atoms with E-state index in [1.54, 1.807) is 58.2 Å². The lowest BCUT2D eigenvalue weighted by molar-refractivity contribution is -0.273. The van der Waals surface area contributed by atoms with Crippen LogP contribution >= 0.6 is 0 Å². The molecule has 14 heteroatoms. The van der Waals surface area contributed by atoms with Crippen LogP contribution < -0.4 is 14.2 Å². The van der Waals surface area contributed by atoms with Gasteiger partial charge in [0.2, 0.25) is 12.2 Å². The van der Waals surface area contributed by atoms with Crippen LogP contribution in [0.25, 0.3) is 0 Å². The zero-order chi connectivity index (χ0) is 34.7. The number of pyridine rings is 2. The molecule has 0 amide bonds. The van der Waals surface area contributed by atoms with E-state index in [0.29, 0.717) is 12.1 Å². The maximum Gasteiger partial charge on any atom is 0.387 e. The van der Waals surface area contributed by atoms with Crippen LogP contribution in [0.4, 0.5) is 8.78 Å². The molecule has 2 aliphatic rings. The van der Waals surface area contributed by atoms with E-state index in [-0.39, 0.29) is 29.4 Å². The van der Waals surface area contributed by atoms with Crippen molar-refractivity contribution in [2.24, 2.45) is 0 Å². The number of halogens is 2. The Hall–Kier alpha value is -3.95. The average molecular weight is 675 g/mol. The predicted molar refractivity (Wildman–Crippen MR) is 165 cm³/mol. The Morgan fingerprint density at radius 1 is 0.938 bits per heavy atom. The lowest BCUT2D eigenvalue weighted by Crippen LogP contribution is -2.61. The van der Waals surface area contributed by atoms with E-state index in [4.69, 9.17) is 23.7 Å². The highest BCUT2D eigenvalue weighted by Gasteiger charge is 2.49. The average Bonchev–Trinajstić information content (AvgIpc) is 3.85. The summed E-state index contributed by atoms with van der Waals surface area (Å²) < 4.78 is 53.2. The van der Waals surface area contributed by atoms with E-state index >= 15 is 0 Å². The van der Waals surface area contributed by atoms with Gasteiger partial charge in [0.1, 0.15) is 23.9 Å². The molecule has 2 unspecified atom stereocenters. The van der Waals surface area contributed by atoms with E-state index < -0.39 is 55.0 Å². The number of ether oxygens (including phenoxy) is 5. The van der Waals surface area contributed by atoms with Gasteiger partial charge in [-0.25, -0.2) is 9.78 Å². The fourth-order valence-corrected chi connectivity index (χ4v) is 5.19. The molecule has 1 aromatic carbocycles. The molecule has 260 valence electrons. The molecule has 4 N–H and O–H groups in total. The molecule has 0 spiro atoms. The first kappa shape index (κ1) is 35.4. The molecule has 1 saturated carbocycles. The normalized spacial score (nSPS) is 23.5. The summed E-state index contributed by atoms with van der Waals surface area (Å²) >= 11 is 0. The Labute approximate surface area is 276 Å². The second-order valence-corrected chi connectivity index (χ2v) is 12.7. The number of alkyl halides is 2. The Morgan fingerprint density at radius 3 is 2.25 bits per heavy atom. The summed E-state index contributed by atoms with van der Waals surface area (Å²) in [5.41, 5.74) is 1.54. The van der Waals surface area contributed by atoms with Gasteiger partial charge in [0.05, 0.1) is 17.9 Å². The summed E-state index contributed by atoms with van der Waals surface area (Å²) in [6.45, 7) is 3.46. The van der Waals surface area contributed by atoms with Crippen molar-refractivity contribution >= 4 is 5.97 Å². The monoisotopic (exact) mass is 674 g/mol. The van der Waals surface area contributed by atoms with Gasteiger partial charge in [-0.2, -0.15) is 8.78 Å². The minimum atomic E-state index is -3.02. The molecule has 2 fully saturated rings. The molecule has 5 rings (SSSR count). The van der Waals surface area contributed by atoms with Gasteiger partial charge in [-0.15, -0.1) is 0 Å². The largest absolute Gasteiger partial charge is 0.487 e. The van der Waals surface area contributed by atoms with Gasteiger partial charge >= 0.3 is 12.6 Å². The van der Waals surface area contributed by atoms with E-state index in [9.17, 15) is 34.0 Å². The highest BCUT2D eigenvalue weighted by molar-refractivity contribution is 5.76. The molecule has 1 aliphatic heterocycles. The predicted octanol–water partition coefficient (Wildman–Crippen LogP) is 3.36. The number of hydrogen-bond acceptors (Lipinski definition) is 12. The van der Waals surface area contributed by atoms with Gasteiger partial charge < -0.3 is 44.1 Å². The maximum absolute atomic E-state index is 13.1. The lowest BCUT2D eigenvalue weighted by atomic mass is 9.86. The number of aromatic nitrogens is 2. The summed E-state index contributed by atoms with van der Waals surface area (Å²) in [5, 5.41) is 41.5. The Bertz CT molecular complexity index is 1530. The molecule has 48 heavy (non-hydrogen) atoms. The van der Waals surface area contributed by atoms with Gasteiger partial charge in [-0.3, -0.25) is 4.98 Å². The van der Waals surface area contributed by atoms with Crippen LogP contribution in [-0.2, 0) is 26.3 Å². The first-order valence-corrected chi connectivity index (χ1v) is 15.7. The fourth-order valence-electron chi connectivity index (χ4n) is 5.19. The number of nitrogens with zero attached hydrogens (tertiary/aromatic N) is 2. The molecular formula is C34H40F2N2O10. The van der Waals surface area contributed by atoms with Crippen LogP contribution in [0.15, 0.2) is 54.9 Å².